The van der Waals surface area contributed by atoms with Crippen LogP contribution in [0.1, 0.15) is 29.8 Å². The van der Waals surface area contributed by atoms with Crippen molar-refractivity contribution >= 4 is 17.3 Å². The lowest BCUT2D eigenvalue weighted by molar-refractivity contribution is 0.102. The number of aromatic nitrogens is 2. The molecule has 3 rings (SSSR count). The Bertz CT molecular complexity index is 682. The third kappa shape index (κ3) is 3.33. The molecule has 0 saturated carbocycles. The molecule has 2 aromatic rings. The van der Waals surface area contributed by atoms with Gasteiger partial charge < -0.3 is 10.2 Å². The second-order valence-corrected chi connectivity index (χ2v) is 5.36. The van der Waals surface area contributed by atoms with E-state index in [1.165, 1.54) is 37.1 Å². The van der Waals surface area contributed by atoms with Gasteiger partial charge in [-0.05, 0) is 49.6 Å². The van der Waals surface area contributed by atoms with Gasteiger partial charge in [0.1, 0.15) is 5.69 Å². The maximum absolute atomic E-state index is 12.0. The highest BCUT2D eigenvalue weighted by Gasteiger charge is 2.11. The fourth-order valence-electron chi connectivity index (χ4n) is 2.57. The summed E-state index contributed by atoms with van der Waals surface area (Å²) in [5.41, 5.74) is 1.74. The molecule has 22 heavy (non-hydrogen) atoms. The predicted molar refractivity (Wildman–Crippen MR) is 85.3 cm³/mol. The predicted octanol–water partition coefficient (Wildman–Crippen LogP) is 2.01. The van der Waals surface area contributed by atoms with Crippen molar-refractivity contribution in [2.75, 3.05) is 23.3 Å². The molecule has 6 heteroatoms. The first-order chi connectivity index (χ1) is 10.7. The molecule has 114 valence electrons. The maximum Gasteiger partial charge on any atom is 0.276 e. The molecule has 1 aliphatic rings. The van der Waals surface area contributed by atoms with Crippen molar-refractivity contribution < 1.29 is 4.79 Å². The molecule has 2 heterocycles. The standard InChI is InChI=1S/C16H18N4O2/c21-15-9-8-14(18-19-15)16(22)17-12-4-6-13(7-5-12)20-10-2-1-3-11-20/h4-9H,1-3,10-11H2,(H,17,22)(H,19,21). The minimum Gasteiger partial charge on any atom is -0.372 e. The SMILES string of the molecule is O=C(Nc1ccc(N2CCCCC2)cc1)c1ccc(=O)[nH]n1. The minimum absolute atomic E-state index is 0.180. The van der Waals surface area contributed by atoms with Crippen LogP contribution in [0.15, 0.2) is 41.2 Å². The molecule has 0 spiro atoms. The van der Waals surface area contributed by atoms with Gasteiger partial charge in [-0.2, -0.15) is 5.10 Å². The fourth-order valence-corrected chi connectivity index (χ4v) is 2.57. The second kappa shape index (κ2) is 6.43. The Kier molecular flexibility index (Phi) is 4.18. The van der Waals surface area contributed by atoms with Crippen molar-refractivity contribution in [3.8, 4) is 0 Å². The number of H-pyrrole nitrogens is 1. The highest BCUT2D eigenvalue weighted by Crippen LogP contribution is 2.21. The molecule has 1 saturated heterocycles. The average Bonchev–Trinajstić information content (AvgIpc) is 2.57. The van der Waals surface area contributed by atoms with E-state index in [9.17, 15) is 9.59 Å². The zero-order valence-corrected chi connectivity index (χ0v) is 12.2. The fraction of sp³-hybridized carbons (Fsp3) is 0.312. The van der Waals surface area contributed by atoms with Crippen LogP contribution in [0.3, 0.4) is 0 Å². The molecule has 0 bridgehead atoms. The minimum atomic E-state index is -0.345. The Morgan fingerprint density at radius 2 is 1.77 bits per heavy atom. The maximum atomic E-state index is 12.0. The van der Waals surface area contributed by atoms with Crippen molar-refractivity contribution in [2.24, 2.45) is 0 Å². The summed E-state index contributed by atoms with van der Waals surface area (Å²) in [5.74, 6) is -0.345. The van der Waals surface area contributed by atoms with Gasteiger partial charge in [-0.25, -0.2) is 5.10 Å². The van der Waals surface area contributed by atoms with Crippen LogP contribution in [-0.2, 0) is 0 Å². The van der Waals surface area contributed by atoms with Crippen LogP contribution in [0.4, 0.5) is 11.4 Å². The van der Waals surface area contributed by atoms with Gasteiger partial charge in [-0.1, -0.05) is 0 Å². The number of aromatic amines is 1. The summed E-state index contributed by atoms with van der Waals surface area (Å²) in [6.45, 7) is 2.18. The first kappa shape index (κ1) is 14.3. The molecule has 1 aliphatic heterocycles. The van der Waals surface area contributed by atoms with Crippen LogP contribution >= 0.6 is 0 Å². The Balaban J connectivity index is 1.66. The van der Waals surface area contributed by atoms with Crippen molar-refractivity contribution in [3.05, 3.63) is 52.4 Å². The Hall–Kier alpha value is -2.63. The molecule has 6 nitrogen and oxygen atoms in total. The van der Waals surface area contributed by atoms with Crippen molar-refractivity contribution in [2.45, 2.75) is 19.3 Å². The highest BCUT2D eigenvalue weighted by molar-refractivity contribution is 6.02. The normalized spacial score (nSPS) is 14.6. The molecule has 2 N–H and O–H groups in total. The van der Waals surface area contributed by atoms with Crippen molar-refractivity contribution in [1.82, 2.24) is 10.2 Å². The lowest BCUT2D eigenvalue weighted by atomic mass is 10.1. The van der Waals surface area contributed by atoms with E-state index in [4.69, 9.17) is 0 Å². The first-order valence-corrected chi connectivity index (χ1v) is 7.44. The summed E-state index contributed by atoms with van der Waals surface area (Å²) in [6.07, 6.45) is 3.77. The van der Waals surface area contributed by atoms with E-state index in [0.717, 1.165) is 13.1 Å². The number of carbonyl (C=O) groups excluding carboxylic acids is 1. The van der Waals surface area contributed by atoms with Gasteiger partial charge in [-0.15, -0.1) is 0 Å². The van der Waals surface area contributed by atoms with Gasteiger partial charge in [0.15, 0.2) is 0 Å². The zero-order chi connectivity index (χ0) is 15.4. The van der Waals surface area contributed by atoms with Crippen LogP contribution in [0.25, 0.3) is 0 Å². The number of carbonyl (C=O) groups is 1. The number of amides is 1. The number of nitrogens with one attached hydrogen (secondary N) is 2. The molecule has 0 aliphatic carbocycles. The number of hydrogen-bond acceptors (Lipinski definition) is 4. The van der Waals surface area contributed by atoms with E-state index < -0.39 is 0 Å². The summed E-state index contributed by atoms with van der Waals surface area (Å²) in [6, 6.07) is 10.5. The van der Waals surface area contributed by atoms with E-state index in [1.807, 2.05) is 24.3 Å². The average molecular weight is 298 g/mol. The Labute approximate surface area is 128 Å². The van der Waals surface area contributed by atoms with Gasteiger partial charge >= 0.3 is 0 Å². The third-order valence-corrected chi connectivity index (χ3v) is 3.76. The molecule has 0 radical (unpaired) electrons. The van der Waals surface area contributed by atoms with E-state index in [2.05, 4.69) is 20.4 Å². The number of hydrogen-bond donors (Lipinski definition) is 2. The Morgan fingerprint density at radius 1 is 1.05 bits per heavy atom. The number of piperidine rings is 1. The highest BCUT2D eigenvalue weighted by atomic mass is 16.2. The number of nitrogens with zero attached hydrogens (tertiary/aromatic N) is 2. The molecule has 0 atom stereocenters. The molecule has 1 fully saturated rings. The lowest BCUT2D eigenvalue weighted by Crippen LogP contribution is -2.29. The van der Waals surface area contributed by atoms with Crippen molar-refractivity contribution in [1.29, 1.82) is 0 Å². The van der Waals surface area contributed by atoms with E-state index in [-0.39, 0.29) is 17.2 Å². The number of rotatable bonds is 3. The smallest absolute Gasteiger partial charge is 0.276 e. The van der Waals surface area contributed by atoms with Gasteiger partial charge in [-0.3, -0.25) is 9.59 Å². The summed E-state index contributed by atoms with van der Waals surface area (Å²) in [7, 11) is 0. The number of benzene rings is 1. The molecule has 1 amide bonds. The monoisotopic (exact) mass is 298 g/mol. The van der Waals surface area contributed by atoms with E-state index in [0.29, 0.717) is 5.69 Å². The zero-order valence-electron chi connectivity index (χ0n) is 12.2. The summed E-state index contributed by atoms with van der Waals surface area (Å²) < 4.78 is 0. The molecule has 1 aromatic heterocycles. The van der Waals surface area contributed by atoms with Gasteiger partial charge in [0.2, 0.25) is 0 Å². The third-order valence-electron chi connectivity index (χ3n) is 3.76. The van der Waals surface area contributed by atoms with Crippen LogP contribution in [-0.4, -0.2) is 29.2 Å². The van der Waals surface area contributed by atoms with Crippen LogP contribution in [0.2, 0.25) is 0 Å². The summed E-state index contributed by atoms with van der Waals surface area (Å²) >= 11 is 0. The summed E-state index contributed by atoms with van der Waals surface area (Å²) in [4.78, 5) is 25.3. The first-order valence-electron chi connectivity index (χ1n) is 7.44. The van der Waals surface area contributed by atoms with E-state index >= 15 is 0 Å². The van der Waals surface area contributed by atoms with Gasteiger partial charge in [0, 0.05) is 30.5 Å². The quantitative estimate of drug-likeness (QED) is 0.908. The topological polar surface area (TPSA) is 78.1 Å². The second-order valence-electron chi connectivity index (χ2n) is 5.36. The summed E-state index contributed by atoms with van der Waals surface area (Å²) in [5, 5.41) is 8.72. The van der Waals surface area contributed by atoms with E-state index in [1.54, 1.807) is 0 Å². The van der Waals surface area contributed by atoms with Gasteiger partial charge in [0.25, 0.3) is 11.5 Å². The molecular formula is C16H18N4O2. The number of anilines is 2. The molecule has 1 aromatic carbocycles. The van der Waals surface area contributed by atoms with Crippen LogP contribution in [0.5, 0.6) is 0 Å². The lowest BCUT2D eigenvalue weighted by Gasteiger charge is -2.28. The molecule has 0 unspecified atom stereocenters. The molecular weight excluding hydrogens is 280 g/mol. The van der Waals surface area contributed by atoms with Gasteiger partial charge in [0.05, 0.1) is 0 Å². The van der Waals surface area contributed by atoms with Crippen molar-refractivity contribution in [3.63, 3.8) is 0 Å². The largest absolute Gasteiger partial charge is 0.372 e. The van der Waals surface area contributed by atoms with Crippen LogP contribution < -0.4 is 15.8 Å². The van der Waals surface area contributed by atoms with Crippen LogP contribution in [0, 0.1) is 0 Å². The Morgan fingerprint density at radius 3 is 2.41 bits per heavy atom.